The molecule has 2 fully saturated rings. The van der Waals surface area contributed by atoms with Gasteiger partial charge in [0.2, 0.25) is 11.7 Å². The second-order valence-electron chi connectivity index (χ2n) is 8.67. The summed E-state index contributed by atoms with van der Waals surface area (Å²) in [5.41, 5.74) is 2.35. The summed E-state index contributed by atoms with van der Waals surface area (Å²) in [4.78, 5) is 52.3. The Morgan fingerprint density at radius 3 is 2.41 bits per heavy atom. The van der Waals surface area contributed by atoms with Crippen molar-refractivity contribution in [1.29, 1.82) is 0 Å². The van der Waals surface area contributed by atoms with Gasteiger partial charge in [-0.2, -0.15) is 0 Å². The third kappa shape index (κ3) is 7.68. The van der Waals surface area contributed by atoms with Crippen molar-refractivity contribution in [2.24, 2.45) is 16.9 Å². The summed E-state index contributed by atoms with van der Waals surface area (Å²) < 4.78 is 4.63. The molecule has 0 bridgehead atoms. The summed E-state index contributed by atoms with van der Waals surface area (Å²) in [7, 11) is 3.08. The minimum atomic E-state index is -0.967. The SMILES string of the molecule is COC(=O)N[C@@H](CC(C)C)C(=O)NC(C(=O)C(=O)NN=C1SCCN1C)C1CCCCC1. The van der Waals surface area contributed by atoms with Crippen LogP contribution >= 0.6 is 11.8 Å². The topological polar surface area (TPSA) is 129 Å². The molecule has 1 heterocycles. The summed E-state index contributed by atoms with van der Waals surface area (Å²) in [6.07, 6.45) is 4.08. The van der Waals surface area contributed by atoms with Crippen LogP contribution in [0.4, 0.5) is 4.79 Å². The summed E-state index contributed by atoms with van der Waals surface area (Å²) in [6.45, 7) is 4.67. The van der Waals surface area contributed by atoms with Crippen LogP contribution in [0.25, 0.3) is 0 Å². The molecule has 0 aromatic heterocycles. The minimum absolute atomic E-state index is 0.117. The zero-order valence-corrected chi connectivity index (χ0v) is 20.1. The Kier molecular flexibility index (Phi) is 10.3. The Labute approximate surface area is 193 Å². The van der Waals surface area contributed by atoms with Crippen molar-refractivity contribution in [2.45, 2.75) is 64.5 Å². The number of thioether (sulfide) groups is 1. The predicted octanol–water partition coefficient (Wildman–Crippen LogP) is 1.46. The second kappa shape index (κ2) is 12.7. The number of methoxy groups -OCH3 is 1. The van der Waals surface area contributed by atoms with E-state index in [-0.39, 0.29) is 11.8 Å². The van der Waals surface area contributed by atoms with E-state index in [4.69, 9.17) is 0 Å². The molecule has 11 heteroatoms. The Balaban J connectivity index is 2.14. The fourth-order valence-corrected chi connectivity index (χ4v) is 4.88. The maximum Gasteiger partial charge on any atom is 0.407 e. The van der Waals surface area contributed by atoms with Gasteiger partial charge in [-0.3, -0.25) is 14.4 Å². The number of carbonyl (C=O) groups excluding carboxylic acids is 4. The smallest absolute Gasteiger partial charge is 0.407 e. The standard InChI is InChI=1S/C21H35N5O5S/c1-13(2)12-15(22-21(30)31-4)18(28)23-16(14-8-6-5-7-9-14)17(27)19(29)24-25-20-26(3)10-11-32-20/h13-16H,5-12H2,1-4H3,(H,22,30)(H,23,28)(H,24,29)/t15-,16?/m0/s1. The third-order valence-corrected chi connectivity index (χ3v) is 6.71. The zero-order valence-electron chi connectivity index (χ0n) is 19.3. The first kappa shape index (κ1) is 26.0. The molecule has 1 aliphatic carbocycles. The number of hydrazone groups is 1. The molecule has 2 rings (SSSR count). The van der Waals surface area contributed by atoms with Crippen molar-refractivity contribution < 1.29 is 23.9 Å². The Bertz CT molecular complexity index is 723. The number of nitrogens with one attached hydrogen (secondary N) is 3. The van der Waals surface area contributed by atoms with Crippen LogP contribution in [0.1, 0.15) is 52.4 Å². The van der Waals surface area contributed by atoms with Crippen LogP contribution in [0, 0.1) is 11.8 Å². The molecular weight excluding hydrogens is 434 g/mol. The number of rotatable bonds is 9. The highest BCUT2D eigenvalue weighted by molar-refractivity contribution is 8.14. The fourth-order valence-electron chi connectivity index (χ4n) is 3.92. The van der Waals surface area contributed by atoms with E-state index in [1.54, 1.807) is 0 Å². The molecule has 10 nitrogen and oxygen atoms in total. The van der Waals surface area contributed by atoms with E-state index in [0.29, 0.717) is 11.6 Å². The average Bonchev–Trinajstić information content (AvgIpc) is 3.19. The van der Waals surface area contributed by atoms with E-state index < -0.39 is 35.8 Å². The number of amidine groups is 1. The molecule has 32 heavy (non-hydrogen) atoms. The number of alkyl carbamates (subject to hydrolysis) is 1. The highest BCUT2D eigenvalue weighted by Crippen LogP contribution is 2.27. The van der Waals surface area contributed by atoms with Crippen molar-refractivity contribution in [3.63, 3.8) is 0 Å². The lowest BCUT2D eigenvalue weighted by molar-refractivity contribution is -0.141. The summed E-state index contributed by atoms with van der Waals surface area (Å²) >= 11 is 1.50. The highest BCUT2D eigenvalue weighted by Gasteiger charge is 2.36. The van der Waals surface area contributed by atoms with Crippen LogP contribution in [0.2, 0.25) is 0 Å². The van der Waals surface area contributed by atoms with Gasteiger partial charge in [-0.05, 0) is 31.1 Å². The number of Topliss-reactive ketones (excluding diaryl/α,β-unsaturated/α-hetero) is 1. The van der Waals surface area contributed by atoms with Crippen molar-refractivity contribution in [3.8, 4) is 0 Å². The molecule has 1 aliphatic heterocycles. The summed E-state index contributed by atoms with van der Waals surface area (Å²) in [5, 5.41) is 9.98. The van der Waals surface area contributed by atoms with Crippen molar-refractivity contribution in [1.82, 2.24) is 21.0 Å². The number of amides is 3. The average molecular weight is 470 g/mol. The molecule has 2 aliphatic rings. The van der Waals surface area contributed by atoms with Crippen molar-refractivity contribution in [2.75, 3.05) is 26.5 Å². The van der Waals surface area contributed by atoms with Gasteiger partial charge in [-0.1, -0.05) is 44.9 Å². The Hall–Kier alpha value is -2.30. The fraction of sp³-hybridized carbons (Fsp3) is 0.762. The number of nitrogens with zero attached hydrogens (tertiary/aromatic N) is 2. The molecule has 1 saturated heterocycles. The van der Waals surface area contributed by atoms with E-state index in [1.165, 1.54) is 18.9 Å². The lowest BCUT2D eigenvalue weighted by atomic mass is 9.82. The van der Waals surface area contributed by atoms with Crippen molar-refractivity contribution >= 4 is 40.6 Å². The number of ketones is 1. The van der Waals surface area contributed by atoms with Crippen molar-refractivity contribution in [3.05, 3.63) is 0 Å². The van der Waals surface area contributed by atoms with Gasteiger partial charge < -0.3 is 20.3 Å². The highest BCUT2D eigenvalue weighted by atomic mass is 32.2. The maximum atomic E-state index is 13.1. The zero-order chi connectivity index (χ0) is 23.7. The number of hydrogen-bond donors (Lipinski definition) is 3. The molecule has 1 saturated carbocycles. The quantitative estimate of drug-likeness (QED) is 0.344. The van der Waals surface area contributed by atoms with Gasteiger partial charge >= 0.3 is 12.0 Å². The molecule has 2 atom stereocenters. The van der Waals surface area contributed by atoms with Gasteiger partial charge in [0, 0.05) is 19.3 Å². The third-order valence-electron chi connectivity index (χ3n) is 5.66. The Morgan fingerprint density at radius 1 is 1.16 bits per heavy atom. The summed E-state index contributed by atoms with van der Waals surface area (Å²) in [5.74, 6) is -1.23. The largest absolute Gasteiger partial charge is 0.453 e. The van der Waals surface area contributed by atoms with E-state index in [1.807, 2.05) is 25.8 Å². The monoisotopic (exact) mass is 469 g/mol. The Morgan fingerprint density at radius 2 is 1.84 bits per heavy atom. The van der Waals surface area contributed by atoms with E-state index in [9.17, 15) is 19.2 Å². The molecule has 0 radical (unpaired) electrons. The van der Waals surface area contributed by atoms with Crippen LogP contribution in [0.3, 0.4) is 0 Å². The minimum Gasteiger partial charge on any atom is -0.453 e. The molecule has 3 amide bonds. The van der Waals surface area contributed by atoms with Crippen LogP contribution < -0.4 is 16.1 Å². The first-order valence-electron chi connectivity index (χ1n) is 11.1. The first-order chi connectivity index (χ1) is 15.2. The summed E-state index contributed by atoms with van der Waals surface area (Å²) in [6, 6.07) is -1.83. The van der Waals surface area contributed by atoms with E-state index in [0.717, 1.165) is 44.4 Å². The molecule has 0 spiro atoms. The second-order valence-corrected chi connectivity index (χ2v) is 9.73. The van der Waals surface area contributed by atoms with Crippen LogP contribution in [0.15, 0.2) is 5.10 Å². The molecule has 3 N–H and O–H groups in total. The predicted molar refractivity (Wildman–Crippen MR) is 123 cm³/mol. The number of carbonyl (C=O) groups is 4. The van der Waals surface area contributed by atoms with Crippen LogP contribution in [0.5, 0.6) is 0 Å². The van der Waals surface area contributed by atoms with Gasteiger partial charge in [0.1, 0.15) is 12.1 Å². The number of ether oxygens (including phenoxy) is 1. The maximum absolute atomic E-state index is 13.1. The van der Waals surface area contributed by atoms with Gasteiger partial charge in [0.25, 0.3) is 0 Å². The van der Waals surface area contributed by atoms with E-state index in [2.05, 4.69) is 25.9 Å². The molecule has 180 valence electrons. The van der Waals surface area contributed by atoms with Gasteiger partial charge in [-0.25, -0.2) is 10.2 Å². The van der Waals surface area contributed by atoms with Crippen LogP contribution in [-0.2, 0) is 19.1 Å². The lowest BCUT2D eigenvalue weighted by Crippen LogP contribution is -2.56. The van der Waals surface area contributed by atoms with E-state index >= 15 is 0 Å². The molecule has 1 unspecified atom stereocenters. The van der Waals surface area contributed by atoms with Crippen LogP contribution in [-0.4, -0.2) is 72.3 Å². The number of hydrogen-bond acceptors (Lipinski definition) is 7. The molecular formula is C21H35N5O5S. The van der Waals surface area contributed by atoms with Gasteiger partial charge in [0.15, 0.2) is 5.17 Å². The first-order valence-corrected chi connectivity index (χ1v) is 12.1. The van der Waals surface area contributed by atoms with Gasteiger partial charge in [-0.15, -0.1) is 5.10 Å². The normalized spacial score (nSPS) is 20.0. The molecule has 0 aromatic carbocycles. The molecule has 0 aromatic rings. The van der Waals surface area contributed by atoms with Gasteiger partial charge in [0.05, 0.1) is 7.11 Å². The lowest BCUT2D eigenvalue weighted by Gasteiger charge is -2.31.